The van der Waals surface area contributed by atoms with Crippen LogP contribution in [0.2, 0.25) is 0 Å². The van der Waals surface area contributed by atoms with Gasteiger partial charge in [0.2, 0.25) is 0 Å². The second-order valence-electron chi connectivity index (χ2n) is 3.97. The summed E-state index contributed by atoms with van der Waals surface area (Å²) in [6.45, 7) is 0. The molecule has 3 aromatic rings. The molecule has 0 spiro atoms. The van der Waals surface area contributed by atoms with Gasteiger partial charge in [-0.2, -0.15) is 5.10 Å². The molecule has 0 bridgehead atoms. The van der Waals surface area contributed by atoms with Crippen molar-refractivity contribution >= 4 is 11.6 Å². The number of carboxylic acids is 1. The molecule has 90 valence electrons. The van der Waals surface area contributed by atoms with Crippen LogP contribution in [0, 0.1) is 0 Å². The maximum atomic E-state index is 11.0. The Labute approximate surface area is 102 Å². The smallest absolute Gasteiger partial charge is 0.354 e. The van der Waals surface area contributed by atoms with E-state index in [1.807, 2.05) is 31.4 Å². The molecular weight excluding hydrogens is 232 g/mol. The predicted molar refractivity (Wildman–Crippen MR) is 64.4 cm³/mol. The first-order valence-electron chi connectivity index (χ1n) is 5.35. The van der Waals surface area contributed by atoms with Crippen LogP contribution in [0.15, 0.2) is 36.8 Å². The van der Waals surface area contributed by atoms with Gasteiger partial charge >= 0.3 is 5.97 Å². The lowest BCUT2D eigenvalue weighted by atomic mass is 10.2. The number of nitrogens with zero attached hydrogens (tertiary/aromatic N) is 4. The Morgan fingerprint density at radius 2 is 2.17 bits per heavy atom. The van der Waals surface area contributed by atoms with E-state index in [0.29, 0.717) is 5.65 Å². The molecule has 0 saturated heterocycles. The maximum absolute atomic E-state index is 11.0. The third-order valence-electron chi connectivity index (χ3n) is 2.74. The van der Waals surface area contributed by atoms with E-state index < -0.39 is 5.97 Å². The van der Waals surface area contributed by atoms with Gasteiger partial charge in [-0.1, -0.05) is 0 Å². The molecule has 3 heterocycles. The first-order chi connectivity index (χ1) is 8.65. The lowest BCUT2D eigenvalue weighted by Crippen LogP contribution is -2.01. The van der Waals surface area contributed by atoms with E-state index in [9.17, 15) is 4.79 Å². The van der Waals surface area contributed by atoms with Crippen LogP contribution in [0.25, 0.3) is 16.9 Å². The largest absolute Gasteiger partial charge is 0.477 e. The second-order valence-corrected chi connectivity index (χ2v) is 3.97. The van der Waals surface area contributed by atoms with Crippen LogP contribution in [0.3, 0.4) is 0 Å². The minimum Gasteiger partial charge on any atom is -0.477 e. The van der Waals surface area contributed by atoms with Gasteiger partial charge in [-0.15, -0.1) is 0 Å². The first kappa shape index (κ1) is 10.5. The molecule has 0 aliphatic rings. The third-order valence-corrected chi connectivity index (χ3v) is 2.74. The molecule has 6 nitrogen and oxygen atoms in total. The lowest BCUT2D eigenvalue weighted by molar-refractivity contribution is 0.0689. The number of imidazole rings is 1. The molecule has 0 atom stereocenters. The van der Waals surface area contributed by atoms with Gasteiger partial charge in [0.05, 0.1) is 11.9 Å². The number of carbonyl (C=O) groups is 1. The molecule has 3 aromatic heterocycles. The molecule has 3 rings (SSSR count). The number of aromatic carboxylic acids is 1. The highest BCUT2D eigenvalue weighted by Gasteiger charge is 2.11. The Hall–Kier alpha value is -2.63. The first-order valence-corrected chi connectivity index (χ1v) is 5.35. The molecule has 0 radical (unpaired) electrons. The minimum absolute atomic E-state index is 0.151. The van der Waals surface area contributed by atoms with E-state index in [2.05, 4.69) is 10.1 Å². The molecular formula is C12H10N4O2. The minimum atomic E-state index is -0.993. The van der Waals surface area contributed by atoms with Gasteiger partial charge in [0, 0.05) is 25.0 Å². The van der Waals surface area contributed by atoms with Crippen LogP contribution in [0.1, 0.15) is 10.5 Å². The van der Waals surface area contributed by atoms with Crippen molar-refractivity contribution in [1.29, 1.82) is 0 Å². The van der Waals surface area contributed by atoms with E-state index in [1.165, 1.54) is 10.6 Å². The Morgan fingerprint density at radius 1 is 1.33 bits per heavy atom. The number of aryl methyl sites for hydroxylation is 1. The van der Waals surface area contributed by atoms with Crippen LogP contribution in [0.5, 0.6) is 0 Å². The molecule has 0 amide bonds. The summed E-state index contributed by atoms with van der Waals surface area (Å²) in [5.74, 6) is -0.993. The van der Waals surface area contributed by atoms with Gasteiger partial charge < -0.3 is 5.11 Å². The molecule has 6 heteroatoms. The fraction of sp³-hybridized carbons (Fsp3) is 0.0833. The average Bonchev–Trinajstić information content (AvgIpc) is 2.93. The highest BCUT2D eigenvalue weighted by Crippen LogP contribution is 2.19. The van der Waals surface area contributed by atoms with Gasteiger partial charge in [0.15, 0.2) is 5.69 Å². The zero-order valence-electron chi connectivity index (χ0n) is 9.61. The molecule has 0 fully saturated rings. The molecule has 1 N–H and O–H groups in total. The normalized spacial score (nSPS) is 10.9. The number of fused-ring (bicyclic) bond motifs is 1. The predicted octanol–water partition coefficient (Wildman–Crippen LogP) is 1.43. The van der Waals surface area contributed by atoms with E-state index >= 15 is 0 Å². The van der Waals surface area contributed by atoms with Crippen molar-refractivity contribution in [3.05, 3.63) is 42.5 Å². The van der Waals surface area contributed by atoms with Crippen molar-refractivity contribution in [1.82, 2.24) is 19.2 Å². The number of hydrogen-bond donors (Lipinski definition) is 1. The standard InChI is InChI=1S/C12H10N4O2/c1-15-4-3-9(14-15)8-2-5-16-10(12(17)18)7-13-11(16)6-8/h2-7H,1H3,(H,17,18). The summed E-state index contributed by atoms with van der Waals surface area (Å²) >= 11 is 0. The van der Waals surface area contributed by atoms with Crippen molar-refractivity contribution in [3.63, 3.8) is 0 Å². The second kappa shape index (κ2) is 3.69. The van der Waals surface area contributed by atoms with E-state index in [0.717, 1.165) is 11.3 Å². The van der Waals surface area contributed by atoms with Crippen LogP contribution in [-0.2, 0) is 7.05 Å². The Morgan fingerprint density at radius 3 is 2.83 bits per heavy atom. The van der Waals surface area contributed by atoms with E-state index in [4.69, 9.17) is 5.11 Å². The summed E-state index contributed by atoms with van der Waals surface area (Å²) in [7, 11) is 1.85. The zero-order valence-corrected chi connectivity index (χ0v) is 9.61. The Kier molecular flexibility index (Phi) is 2.16. The van der Waals surface area contributed by atoms with Gasteiger partial charge in [-0.05, 0) is 18.2 Å². The zero-order chi connectivity index (χ0) is 12.7. The molecule has 0 aromatic carbocycles. The SMILES string of the molecule is Cn1ccc(-c2ccn3c(C(=O)O)cnc3c2)n1. The van der Waals surface area contributed by atoms with Crippen molar-refractivity contribution in [2.24, 2.45) is 7.05 Å². The van der Waals surface area contributed by atoms with Crippen molar-refractivity contribution < 1.29 is 9.90 Å². The van der Waals surface area contributed by atoms with Crippen LogP contribution in [0.4, 0.5) is 0 Å². The summed E-state index contributed by atoms with van der Waals surface area (Å²) in [6.07, 6.45) is 4.89. The quantitative estimate of drug-likeness (QED) is 0.737. The monoisotopic (exact) mass is 242 g/mol. The van der Waals surface area contributed by atoms with Crippen LogP contribution in [-0.4, -0.2) is 30.2 Å². The van der Waals surface area contributed by atoms with E-state index in [-0.39, 0.29) is 5.69 Å². The highest BCUT2D eigenvalue weighted by molar-refractivity contribution is 5.86. The number of rotatable bonds is 2. The summed E-state index contributed by atoms with van der Waals surface area (Å²) in [5, 5.41) is 13.3. The topological polar surface area (TPSA) is 72.4 Å². The van der Waals surface area contributed by atoms with Crippen LogP contribution < -0.4 is 0 Å². The van der Waals surface area contributed by atoms with Crippen LogP contribution >= 0.6 is 0 Å². The number of aromatic nitrogens is 4. The van der Waals surface area contributed by atoms with Gasteiger partial charge in [0.25, 0.3) is 0 Å². The molecule has 0 saturated carbocycles. The highest BCUT2D eigenvalue weighted by atomic mass is 16.4. The van der Waals surface area contributed by atoms with Crippen molar-refractivity contribution in [2.75, 3.05) is 0 Å². The molecule has 0 aliphatic carbocycles. The fourth-order valence-corrected chi connectivity index (χ4v) is 1.87. The summed E-state index contributed by atoms with van der Waals surface area (Å²) in [5.41, 5.74) is 2.48. The summed E-state index contributed by atoms with van der Waals surface area (Å²) in [6, 6.07) is 5.53. The lowest BCUT2D eigenvalue weighted by Gasteiger charge is -2.00. The molecule has 0 unspecified atom stereocenters. The van der Waals surface area contributed by atoms with Gasteiger partial charge in [0.1, 0.15) is 5.65 Å². The van der Waals surface area contributed by atoms with Crippen molar-refractivity contribution in [2.45, 2.75) is 0 Å². The summed E-state index contributed by atoms with van der Waals surface area (Å²) in [4.78, 5) is 15.0. The van der Waals surface area contributed by atoms with Gasteiger partial charge in [-0.3, -0.25) is 9.08 Å². The summed E-state index contributed by atoms with van der Waals surface area (Å²) < 4.78 is 3.25. The number of hydrogen-bond acceptors (Lipinski definition) is 3. The molecule has 18 heavy (non-hydrogen) atoms. The molecule has 0 aliphatic heterocycles. The van der Waals surface area contributed by atoms with Crippen molar-refractivity contribution in [3.8, 4) is 11.3 Å². The number of pyridine rings is 1. The Balaban J connectivity index is 2.15. The van der Waals surface area contributed by atoms with Gasteiger partial charge in [-0.25, -0.2) is 9.78 Å². The average molecular weight is 242 g/mol. The number of carboxylic acid groups (broad SMARTS) is 1. The fourth-order valence-electron chi connectivity index (χ4n) is 1.87. The van der Waals surface area contributed by atoms with E-state index in [1.54, 1.807) is 10.9 Å². The third kappa shape index (κ3) is 1.55. The Bertz CT molecular complexity index is 741. The maximum Gasteiger partial charge on any atom is 0.354 e.